The van der Waals surface area contributed by atoms with Crippen molar-refractivity contribution in [2.24, 2.45) is 0 Å². The SMILES string of the molecule is CN1C=CC=CC1O. The molecule has 1 unspecified atom stereocenters. The maximum atomic E-state index is 8.97. The molecule has 1 heterocycles. The van der Waals surface area contributed by atoms with Gasteiger partial charge in [0, 0.05) is 13.2 Å². The van der Waals surface area contributed by atoms with Crippen molar-refractivity contribution in [2.45, 2.75) is 6.23 Å². The summed E-state index contributed by atoms with van der Waals surface area (Å²) in [7, 11) is 1.82. The molecule has 1 aliphatic heterocycles. The lowest BCUT2D eigenvalue weighted by atomic mass is 10.3. The zero-order chi connectivity index (χ0) is 5.98. The van der Waals surface area contributed by atoms with Crippen molar-refractivity contribution < 1.29 is 5.11 Å². The van der Waals surface area contributed by atoms with Gasteiger partial charge in [-0.1, -0.05) is 6.08 Å². The normalized spacial score (nSPS) is 26.8. The van der Waals surface area contributed by atoms with E-state index in [0.717, 1.165) is 0 Å². The summed E-state index contributed by atoms with van der Waals surface area (Å²) in [6.45, 7) is 0. The van der Waals surface area contributed by atoms with Gasteiger partial charge in [-0.05, 0) is 12.2 Å². The zero-order valence-corrected chi connectivity index (χ0v) is 4.78. The molecule has 0 fully saturated rings. The Morgan fingerprint density at radius 3 is 2.62 bits per heavy atom. The van der Waals surface area contributed by atoms with Gasteiger partial charge in [-0.2, -0.15) is 0 Å². The van der Waals surface area contributed by atoms with Gasteiger partial charge in [0.15, 0.2) is 0 Å². The molecule has 1 N–H and O–H groups in total. The fourth-order valence-corrected chi connectivity index (χ4v) is 0.573. The fourth-order valence-electron chi connectivity index (χ4n) is 0.573. The molecule has 0 aromatic rings. The highest BCUT2D eigenvalue weighted by Gasteiger charge is 2.02. The Balaban J connectivity index is 2.59. The molecule has 44 valence electrons. The molecule has 0 saturated carbocycles. The Morgan fingerprint density at radius 2 is 2.25 bits per heavy atom. The molecule has 8 heavy (non-hydrogen) atoms. The van der Waals surface area contributed by atoms with Crippen LogP contribution in [0.3, 0.4) is 0 Å². The summed E-state index contributed by atoms with van der Waals surface area (Å²) in [4.78, 5) is 1.72. The molecule has 1 atom stereocenters. The molecule has 2 nitrogen and oxygen atoms in total. The van der Waals surface area contributed by atoms with Gasteiger partial charge in [-0.15, -0.1) is 0 Å². The number of aliphatic hydroxyl groups is 1. The summed E-state index contributed by atoms with van der Waals surface area (Å²) in [5.41, 5.74) is 0. The maximum absolute atomic E-state index is 8.97. The Hall–Kier alpha value is -0.760. The molecular formula is C6H9NO. The van der Waals surface area contributed by atoms with E-state index in [1.807, 2.05) is 25.4 Å². The molecule has 0 amide bonds. The molecule has 0 aromatic heterocycles. The van der Waals surface area contributed by atoms with Crippen LogP contribution in [0.25, 0.3) is 0 Å². The van der Waals surface area contributed by atoms with Crippen LogP contribution in [0.4, 0.5) is 0 Å². The summed E-state index contributed by atoms with van der Waals surface area (Å²) >= 11 is 0. The largest absolute Gasteiger partial charge is 0.370 e. The van der Waals surface area contributed by atoms with Crippen LogP contribution in [-0.4, -0.2) is 23.3 Å². The van der Waals surface area contributed by atoms with E-state index in [4.69, 9.17) is 5.11 Å². The molecule has 0 spiro atoms. The summed E-state index contributed by atoms with van der Waals surface area (Å²) < 4.78 is 0. The maximum Gasteiger partial charge on any atom is 0.145 e. The van der Waals surface area contributed by atoms with Crippen LogP contribution in [0.1, 0.15) is 0 Å². The van der Waals surface area contributed by atoms with Crippen LogP contribution in [0.2, 0.25) is 0 Å². The van der Waals surface area contributed by atoms with Crippen LogP contribution in [0, 0.1) is 0 Å². The monoisotopic (exact) mass is 111 g/mol. The molecule has 1 rings (SSSR count). The number of hydrogen-bond acceptors (Lipinski definition) is 2. The van der Waals surface area contributed by atoms with Crippen LogP contribution < -0.4 is 0 Å². The fraction of sp³-hybridized carbons (Fsp3) is 0.333. The second kappa shape index (κ2) is 2.01. The van der Waals surface area contributed by atoms with Gasteiger partial charge in [-0.25, -0.2) is 0 Å². The van der Waals surface area contributed by atoms with Gasteiger partial charge in [0.2, 0.25) is 0 Å². The first-order valence-electron chi connectivity index (χ1n) is 2.56. The number of allylic oxidation sites excluding steroid dienone is 2. The number of aliphatic hydroxyl groups excluding tert-OH is 1. The van der Waals surface area contributed by atoms with Crippen molar-refractivity contribution in [1.82, 2.24) is 4.90 Å². The Bertz CT molecular complexity index is 112. The summed E-state index contributed by atoms with van der Waals surface area (Å²) in [6.07, 6.45) is 6.82. The third-order valence-electron chi connectivity index (χ3n) is 1.13. The van der Waals surface area contributed by atoms with Gasteiger partial charge in [-0.3, -0.25) is 0 Å². The second-order valence-corrected chi connectivity index (χ2v) is 1.81. The number of rotatable bonds is 0. The molecule has 0 aliphatic carbocycles. The first-order valence-corrected chi connectivity index (χ1v) is 2.56. The highest BCUT2D eigenvalue weighted by atomic mass is 16.3. The van der Waals surface area contributed by atoms with E-state index in [1.54, 1.807) is 11.0 Å². The number of hydrogen-bond donors (Lipinski definition) is 1. The van der Waals surface area contributed by atoms with E-state index in [0.29, 0.717) is 0 Å². The smallest absolute Gasteiger partial charge is 0.145 e. The third-order valence-corrected chi connectivity index (χ3v) is 1.13. The Labute approximate surface area is 48.7 Å². The summed E-state index contributed by atoms with van der Waals surface area (Å²) in [5.74, 6) is 0. The molecular weight excluding hydrogens is 102 g/mol. The van der Waals surface area contributed by atoms with Crippen molar-refractivity contribution in [3.8, 4) is 0 Å². The van der Waals surface area contributed by atoms with E-state index in [2.05, 4.69) is 0 Å². The van der Waals surface area contributed by atoms with E-state index in [-0.39, 0.29) is 0 Å². The van der Waals surface area contributed by atoms with Gasteiger partial charge in [0.25, 0.3) is 0 Å². The Kier molecular flexibility index (Phi) is 1.35. The topological polar surface area (TPSA) is 23.5 Å². The van der Waals surface area contributed by atoms with Crippen molar-refractivity contribution in [3.05, 3.63) is 24.4 Å². The van der Waals surface area contributed by atoms with Crippen molar-refractivity contribution >= 4 is 0 Å². The summed E-state index contributed by atoms with van der Waals surface area (Å²) in [6, 6.07) is 0. The number of nitrogens with zero attached hydrogens (tertiary/aromatic N) is 1. The molecule has 0 bridgehead atoms. The van der Waals surface area contributed by atoms with Gasteiger partial charge in [0.05, 0.1) is 0 Å². The van der Waals surface area contributed by atoms with Crippen LogP contribution in [0.5, 0.6) is 0 Å². The van der Waals surface area contributed by atoms with Crippen LogP contribution in [0.15, 0.2) is 24.4 Å². The average Bonchev–Trinajstić information content (AvgIpc) is 1.77. The highest BCUT2D eigenvalue weighted by molar-refractivity contribution is 5.09. The Morgan fingerprint density at radius 1 is 1.50 bits per heavy atom. The third kappa shape index (κ3) is 0.898. The minimum atomic E-state index is -0.431. The van der Waals surface area contributed by atoms with Gasteiger partial charge < -0.3 is 10.0 Å². The lowest BCUT2D eigenvalue weighted by molar-refractivity contribution is 0.0973. The molecule has 2 heteroatoms. The first-order chi connectivity index (χ1) is 3.80. The molecule has 0 saturated heterocycles. The van der Waals surface area contributed by atoms with Crippen molar-refractivity contribution in [3.63, 3.8) is 0 Å². The molecule has 1 aliphatic rings. The minimum absolute atomic E-state index is 0.431. The van der Waals surface area contributed by atoms with E-state index in [9.17, 15) is 0 Å². The summed E-state index contributed by atoms with van der Waals surface area (Å²) in [5, 5.41) is 8.97. The lowest BCUT2D eigenvalue weighted by Gasteiger charge is -2.20. The van der Waals surface area contributed by atoms with E-state index in [1.165, 1.54) is 0 Å². The average molecular weight is 111 g/mol. The van der Waals surface area contributed by atoms with Crippen LogP contribution in [-0.2, 0) is 0 Å². The lowest BCUT2D eigenvalue weighted by Crippen LogP contribution is -2.25. The first kappa shape index (κ1) is 5.38. The van der Waals surface area contributed by atoms with Crippen molar-refractivity contribution in [2.75, 3.05) is 7.05 Å². The van der Waals surface area contributed by atoms with Gasteiger partial charge >= 0.3 is 0 Å². The second-order valence-electron chi connectivity index (χ2n) is 1.81. The van der Waals surface area contributed by atoms with E-state index >= 15 is 0 Å². The standard InChI is InChI=1S/C6H9NO/c1-7-5-3-2-4-6(7)8/h2-6,8H,1H3. The zero-order valence-electron chi connectivity index (χ0n) is 4.78. The molecule has 0 aromatic carbocycles. The van der Waals surface area contributed by atoms with Crippen molar-refractivity contribution in [1.29, 1.82) is 0 Å². The highest BCUT2D eigenvalue weighted by Crippen LogP contribution is 2.00. The number of likely N-dealkylation sites (N-methyl/N-ethyl adjacent to an activating group) is 1. The predicted octanol–water partition coefficient (Wildman–Crippen LogP) is 0.320. The van der Waals surface area contributed by atoms with Crippen LogP contribution >= 0.6 is 0 Å². The predicted molar refractivity (Wildman–Crippen MR) is 32.0 cm³/mol. The van der Waals surface area contributed by atoms with E-state index < -0.39 is 6.23 Å². The van der Waals surface area contributed by atoms with Gasteiger partial charge in [0.1, 0.15) is 6.23 Å². The quantitative estimate of drug-likeness (QED) is 0.486. The minimum Gasteiger partial charge on any atom is -0.370 e. The molecule has 0 radical (unpaired) electrons.